The molecule has 148 valence electrons. The van der Waals surface area contributed by atoms with Crippen molar-refractivity contribution in [2.45, 2.75) is 23.8 Å². The zero-order valence-electron chi connectivity index (χ0n) is 15.2. The number of sulfonamides is 1. The lowest BCUT2D eigenvalue weighted by Gasteiger charge is -2.29. The molecule has 0 aliphatic carbocycles. The van der Waals surface area contributed by atoms with E-state index in [2.05, 4.69) is 16.6 Å². The molecule has 0 radical (unpaired) electrons. The topological polar surface area (TPSA) is 113 Å². The summed E-state index contributed by atoms with van der Waals surface area (Å²) in [5.41, 5.74) is 0.882. The van der Waals surface area contributed by atoms with Gasteiger partial charge in [-0.3, -0.25) is 24.0 Å². The second-order valence-electron chi connectivity index (χ2n) is 6.81. The van der Waals surface area contributed by atoms with E-state index in [0.29, 0.717) is 18.5 Å². The Kier molecular flexibility index (Phi) is 4.46. The van der Waals surface area contributed by atoms with E-state index in [1.807, 2.05) is 0 Å². The van der Waals surface area contributed by atoms with Gasteiger partial charge in [0.15, 0.2) is 0 Å². The fourth-order valence-corrected chi connectivity index (χ4v) is 4.50. The normalized spacial score (nSPS) is 19.2. The molecule has 0 aromatic heterocycles. The van der Waals surface area contributed by atoms with Gasteiger partial charge in [0.05, 0.1) is 16.0 Å². The molecule has 4 rings (SSSR count). The highest BCUT2D eigenvalue weighted by molar-refractivity contribution is 7.92. The minimum atomic E-state index is -3.84. The molecule has 9 heteroatoms. The van der Waals surface area contributed by atoms with Gasteiger partial charge in [0.1, 0.15) is 6.04 Å². The van der Waals surface area contributed by atoms with Crippen LogP contribution in [0.5, 0.6) is 0 Å². The van der Waals surface area contributed by atoms with Crippen LogP contribution in [0.2, 0.25) is 0 Å². The largest absolute Gasteiger partial charge is 0.329 e. The maximum Gasteiger partial charge on any atom is 0.262 e. The molecule has 1 saturated heterocycles. The van der Waals surface area contributed by atoms with Gasteiger partial charge in [-0.1, -0.05) is 24.8 Å². The van der Waals surface area contributed by atoms with Crippen molar-refractivity contribution in [3.8, 4) is 0 Å². The molecule has 8 nitrogen and oxygen atoms in total. The summed E-state index contributed by atoms with van der Waals surface area (Å²) in [6.07, 6.45) is 0.759. The highest BCUT2D eigenvalue weighted by Gasteiger charge is 2.44. The number of carbonyl (C=O) groups excluding carboxylic acids is 3. The number of benzene rings is 2. The van der Waals surface area contributed by atoms with Gasteiger partial charge in [-0.25, -0.2) is 8.42 Å². The highest BCUT2D eigenvalue weighted by Crippen LogP contribution is 2.30. The molecule has 0 spiro atoms. The van der Waals surface area contributed by atoms with E-state index in [4.69, 9.17) is 0 Å². The van der Waals surface area contributed by atoms with Crippen LogP contribution in [0, 0.1) is 0 Å². The molecular weight excluding hydrogens is 394 g/mol. The molecule has 0 bridgehead atoms. The molecule has 2 N–H and O–H groups in total. The van der Waals surface area contributed by atoms with Gasteiger partial charge in [-0.2, -0.15) is 0 Å². The summed E-state index contributed by atoms with van der Waals surface area (Å²) in [5.74, 6) is -1.66. The number of allylic oxidation sites excluding steroid dienone is 1. The van der Waals surface area contributed by atoms with E-state index < -0.39 is 33.8 Å². The molecule has 1 atom stereocenters. The Morgan fingerprint density at radius 2 is 1.69 bits per heavy atom. The van der Waals surface area contributed by atoms with E-state index in [0.717, 1.165) is 4.90 Å². The number of anilines is 1. The third kappa shape index (κ3) is 3.29. The van der Waals surface area contributed by atoms with Crippen LogP contribution < -0.4 is 10.0 Å². The van der Waals surface area contributed by atoms with E-state index in [-0.39, 0.29) is 21.7 Å². The fraction of sp³-hybridized carbons (Fsp3) is 0.150. The first-order valence-corrected chi connectivity index (χ1v) is 10.3. The molecule has 0 saturated carbocycles. The van der Waals surface area contributed by atoms with Gasteiger partial charge in [0.2, 0.25) is 5.91 Å². The first kappa shape index (κ1) is 18.9. The molecule has 2 heterocycles. The molecule has 29 heavy (non-hydrogen) atoms. The molecule has 2 aliphatic rings. The lowest BCUT2D eigenvalue weighted by Crippen LogP contribution is -2.51. The standard InChI is InChI=1S/C20H17N3O5S/c1-12-7-10-17(18(24)21-12)23-19(25)15-9-8-13(11-16(15)20(23)26)22-29(27,28)14-5-3-2-4-6-14/h2-6,8-9,11,17,22H,1,7,10H2,(H,21,24). The number of fused-ring (bicyclic) bond motifs is 1. The average Bonchev–Trinajstić information content (AvgIpc) is 2.93. The molecule has 2 aromatic carbocycles. The number of hydrogen-bond donors (Lipinski definition) is 2. The number of piperidine rings is 1. The number of nitrogens with one attached hydrogen (secondary N) is 2. The summed E-state index contributed by atoms with van der Waals surface area (Å²) in [7, 11) is -3.84. The smallest absolute Gasteiger partial charge is 0.262 e. The second-order valence-corrected chi connectivity index (χ2v) is 8.49. The summed E-state index contributed by atoms with van der Waals surface area (Å²) < 4.78 is 27.4. The van der Waals surface area contributed by atoms with Crippen molar-refractivity contribution in [1.82, 2.24) is 10.2 Å². The number of amides is 3. The Morgan fingerprint density at radius 1 is 1.00 bits per heavy atom. The Labute approximate surface area is 167 Å². The maximum atomic E-state index is 12.8. The Hall–Kier alpha value is -3.46. The van der Waals surface area contributed by atoms with Gasteiger partial charge in [0.25, 0.3) is 21.8 Å². The van der Waals surface area contributed by atoms with E-state index in [9.17, 15) is 22.8 Å². The SMILES string of the molecule is C=C1CCC(N2C(=O)c3ccc(NS(=O)(=O)c4ccccc4)cc3C2=O)C(=O)N1. The minimum Gasteiger partial charge on any atom is -0.329 e. The van der Waals surface area contributed by atoms with Crippen LogP contribution in [0.1, 0.15) is 33.6 Å². The molecule has 3 amide bonds. The van der Waals surface area contributed by atoms with Gasteiger partial charge in [-0.15, -0.1) is 0 Å². The van der Waals surface area contributed by atoms with Crippen LogP contribution in [0.4, 0.5) is 5.69 Å². The highest BCUT2D eigenvalue weighted by atomic mass is 32.2. The fourth-order valence-electron chi connectivity index (χ4n) is 3.43. The van der Waals surface area contributed by atoms with Crippen molar-refractivity contribution >= 4 is 33.4 Å². The molecular formula is C20H17N3O5S. The Morgan fingerprint density at radius 3 is 2.38 bits per heavy atom. The summed E-state index contributed by atoms with van der Waals surface area (Å²) >= 11 is 0. The first-order valence-electron chi connectivity index (χ1n) is 8.86. The van der Waals surface area contributed by atoms with Gasteiger partial charge in [-0.05, 0) is 43.2 Å². The zero-order valence-corrected chi connectivity index (χ0v) is 16.0. The van der Waals surface area contributed by atoms with Crippen LogP contribution in [0.3, 0.4) is 0 Å². The number of imide groups is 1. The monoisotopic (exact) mass is 411 g/mol. The van der Waals surface area contributed by atoms with E-state index in [1.165, 1.54) is 30.3 Å². The maximum absolute atomic E-state index is 12.8. The zero-order chi connectivity index (χ0) is 20.8. The van der Waals surface area contributed by atoms with E-state index in [1.54, 1.807) is 18.2 Å². The van der Waals surface area contributed by atoms with Crippen LogP contribution in [-0.2, 0) is 14.8 Å². The van der Waals surface area contributed by atoms with Gasteiger partial charge >= 0.3 is 0 Å². The van der Waals surface area contributed by atoms with E-state index >= 15 is 0 Å². The lowest BCUT2D eigenvalue weighted by atomic mass is 10.0. The number of carbonyl (C=O) groups is 3. The van der Waals surface area contributed by atoms with Crippen LogP contribution in [0.25, 0.3) is 0 Å². The average molecular weight is 411 g/mol. The molecule has 2 aliphatic heterocycles. The van der Waals surface area contributed by atoms with Crippen molar-refractivity contribution in [3.63, 3.8) is 0 Å². The van der Waals surface area contributed by atoms with Crippen LogP contribution >= 0.6 is 0 Å². The number of nitrogens with zero attached hydrogens (tertiary/aromatic N) is 1. The molecule has 1 fully saturated rings. The summed E-state index contributed by atoms with van der Waals surface area (Å²) in [5, 5.41) is 2.56. The van der Waals surface area contributed by atoms with Crippen molar-refractivity contribution < 1.29 is 22.8 Å². The predicted molar refractivity (Wildman–Crippen MR) is 104 cm³/mol. The Balaban J connectivity index is 1.62. The number of rotatable bonds is 4. The molecule has 2 aromatic rings. The van der Waals surface area contributed by atoms with Crippen molar-refractivity contribution in [1.29, 1.82) is 0 Å². The Bertz CT molecular complexity index is 1160. The molecule has 1 unspecified atom stereocenters. The third-order valence-corrected chi connectivity index (χ3v) is 6.25. The summed E-state index contributed by atoms with van der Waals surface area (Å²) in [6.45, 7) is 3.69. The second kappa shape index (κ2) is 6.85. The van der Waals surface area contributed by atoms with Gasteiger partial charge < -0.3 is 5.32 Å². The quantitative estimate of drug-likeness (QED) is 0.746. The van der Waals surface area contributed by atoms with Crippen molar-refractivity contribution in [2.24, 2.45) is 0 Å². The first-order chi connectivity index (χ1) is 13.8. The van der Waals surface area contributed by atoms with Crippen LogP contribution in [-0.4, -0.2) is 37.1 Å². The van der Waals surface area contributed by atoms with Gasteiger partial charge in [0, 0.05) is 11.4 Å². The van der Waals surface area contributed by atoms with Crippen molar-refractivity contribution in [3.05, 3.63) is 71.9 Å². The predicted octanol–water partition coefficient (Wildman–Crippen LogP) is 1.88. The number of hydrogen-bond acceptors (Lipinski definition) is 5. The third-order valence-electron chi connectivity index (χ3n) is 4.86. The summed E-state index contributed by atoms with van der Waals surface area (Å²) in [4.78, 5) is 38.8. The van der Waals surface area contributed by atoms with Crippen molar-refractivity contribution in [2.75, 3.05) is 4.72 Å². The van der Waals surface area contributed by atoms with Crippen LogP contribution in [0.15, 0.2) is 65.7 Å². The lowest BCUT2D eigenvalue weighted by molar-refractivity contribution is -0.125. The minimum absolute atomic E-state index is 0.0560. The summed E-state index contributed by atoms with van der Waals surface area (Å²) in [6, 6.07) is 11.0.